The van der Waals surface area contributed by atoms with Crippen molar-refractivity contribution < 1.29 is 9.60 Å². The van der Waals surface area contributed by atoms with E-state index in [0.29, 0.717) is 38.2 Å². The predicted molar refractivity (Wildman–Crippen MR) is 182 cm³/mol. The summed E-state index contributed by atoms with van der Waals surface area (Å²) in [6.45, 7) is 0. The van der Waals surface area contributed by atoms with Crippen molar-refractivity contribution in [1.29, 1.82) is 0 Å². The Morgan fingerprint density at radius 1 is 0.310 bits per heavy atom. The third-order valence-corrected chi connectivity index (χ3v) is 8.52. The van der Waals surface area contributed by atoms with Crippen LogP contribution in [0.2, 0.25) is 0 Å². The summed E-state index contributed by atoms with van der Waals surface area (Å²) >= 11 is 0. The Morgan fingerprint density at radius 3 is 1.69 bits per heavy atom. The summed E-state index contributed by atoms with van der Waals surface area (Å²) in [6, 6.07) is 36.2. The van der Waals surface area contributed by atoms with Crippen LogP contribution in [0.5, 0.6) is 0 Å². The van der Waals surface area contributed by atoms with Gasteiger partial charge in [-0.05, 0) is 99.0 Å². The molecule has 0 amide bonds. The number of hydrogen-bond donors (Lipinski definition) is 0. The van der Waals surface area contributed by atoms with E-state index >= 15 is 0 Å². The first-order valence-electron chi connectivity index (χ1n) is 17.5. The Balaban J connectivity index is 1.55. The van der Waals surface area contributed by atoms with E-state index in [9.17, 15) is 4.11 Å². The lowest BCUT2D eigenvalue weighted by atomic mass is 9.83. The topological polar surface area (TPSA) is 0 Å². The van der Waals surface area contributed by atoms with Crippen LogP contribution in [0.4, 0.5) is 0 Å². The Bertz CT molecular complexity index is 2900. The Morgan fingerprint density at radius 2 is 0.881 bits per heavy atom. The van der Waals surface area contributed by atoms with E-state index in [0.717, 1.165) is 48.7 Å². The van der Waals surface area contributed by atoms with Crippen molar-refractivity contribution in [3.8, 4) is 22.3 Å². The highest BCUT2D eigenvalue weighted by Gasteiger charge is 2.19. The molecule has 0 saturated heterocycles. The number of fused-ring (bicyclic) bond motifs is 7. The molecule has 194 valence electrons. The highest BCUT2D eigenvalue weighted by atomic mass is 14.2. The van der Waals surface area contributed by atoms with Gasteiger partial charge < -0.3 is 0 Å². The van der Waals surface area contributed by atoms with E-state index in [1.54, 1.807) is 6.07 Å². The van der Waals surface area contributed by atoms with Gasteiger partial charge in [0.2, 0.25) is 0 Å². The van der Waals surface area contributed by atoms with Crippen LogP contribution >= 0.6 is 0 Å². The van der Waals surface area contributed by atoms with Gasteiger partial charge in [0, 0.05) is 0 Å². The minimum Gasteiger partial charge on any atom is -0.0616 e. The molecular weight excluding hydrogens is 504 g/mol. The average Bonchev–Trinajstić information content (AvgIpc) is 3.13. The molecule has 9 aromatic rings. The van der Waals surface area contributed by atoms with Crippen molar-refractivity contribution in [1.82, 2.24) is 0 Å². The Hall–Kier alpha value is -5.46. The van der Waals surface area contributed by atoms with E-state index in [4.69, 9.17) is 5.48 Å². The molecular formula is C42H26. The summed E-state index contributed by atoms with van der Waals surface area (Å²) in [7, 11) is 0. The predicted octanol–water partition coefficient (Wildman–Crippen LogP) is 11.9. The van der Waals surface area contributed by atoms with Crippen LogP contribution in [0.15, 0.2) is 158 Å². The molecule has 0 aliphatic carbocycles. The van der Waals surface area contributed by atoms with Crippen LogP contribution in [-0.4, -0.2) is 0 Å². The molecule has 0 aliphatic heterocycles. The molecule has 0 aromatic heterocycles. The zero-order chi connectivity index (χ0) is 33.7. The smallest absolute Gasteiger partial charge is 0.0616 e. The van der Waals surface area contributed by atoms with Gasteiger partial charge >= 0.3 is 0 Å². The normalized spacial score (nSPS) is 14.1. The molecule has 0 unspecified atom stereocenters. The molecule has 0 saturated carbocycles. The molecule has 0 fully saturated rings. The number of rotatable bonds is 2. The van der Waals surface area contributed by atoms with Crippen LogP contribution in [0.1, 0.15) is 9.60 Å². The van der Waals surface area contributed by atoms with Crippen LogP contribution in [-0.2, 0) is 0 Å². The molecule has 0 bridgehead atoms. The number of benzene rings is 9. The van der Waals surface area contributed by atoms with Gasteiger partial charge in [-0.1, -0.05) is 145 Å². The van der Waals surface area contributed by atoms with Crippen molar-refractivity contribution in [3.05, 3.63) is 158 Å². The summed E-state index contributed by atoms with van der Waals surface area (Å²) in [5.41, 5.74) is 2.42. The first-order valence-corrected chi connectivity index (χ1v) is 14.0. The largest absolute Gasteiger partial charge is 0.0629 e. The van der Waals surface area contributed by atoms with Crippen molar-refractivity contribution in [2.75, 3.05) is 0 Å². The Kier molecular flexibility index (Phi) is 3.73. The van der Waals surface area contributed by atoms with Crippen molar-refractivity contribution in [3.63, 3.8) is 0 Å². The van der Waals surface area contributed by atoms with E-state index in [1.165, 1.54) is 0 Å². The standard InChI is InChI=1S/C42H26/c1-2-13-29-26-40-30(25-28(29)12-1)23-24-33-32(40)20-10-22-35(33)42-38-18-7-5-16-36(38)41(37-17-6-8-19-39(37)42)34-21-9-14-27-11-3-4-15-31(27)34/h1-26H/i5D,6D,7D,8D,16D,17D,18D. The minimum atomic E-state index is -0.366. The lowest BCUT2D eigenvalue weighted by Gasteiger charge is -2.20. The van der Waals surface area contributed by atoms with Gasteiger partial charge in [-0.3, -0.25) is 0 Å². The summed E-state index contributed by atoms with van der Waals surface area (Å²) in [4.78, 5) is 0. The summed E-state index contributed by atoms with van der Waals surface area (Å²) in [5.74, 6) is 0. The van der Waals surface area contributed by atoms with Crippen LogP contribution in [0.25, 0.3) is 86.9 Å². The fourth-order valence-corrected chi connectivity index (χ4v) is 6.68. The van der Waals surface area contributed by atoms with E-state index in [2.05, 4.69) is 36.4 Å². The number of hydrogen-bond acceptors (Lipinski definition) is 0. The molecule has 0 N–H and O–H groups in total. The van der Waals surface area contributed by atoms with Gasteiger partial charge in [0.1, 0.15) is 0 Å². The lowest BCUT2D eigenvalue weighted by molar-refractivity contribution is 1.69. The lowest BCUT2D eigenvalue weighted by Crippen LogP contribution is -1.92. The van der Waals surface area contributed by atoms with Gasteiger partial charge in [-0.2, -0.15) is 0 Å². The maximum absolute atomic E-state index is 9.37. The Labute approximate surface area is 253 Å². The first-order chi connectivity index (χ1) is 23.7. The molecule has 0 atom stereocenters. The molecule has 42 heavy (non-hydrogen) atoms. The van der Waals surface area contributed by atoms with Gasteiger partial charge in [-0.15, -0.1) is 0 Å². The third-order valence-electron chi connectivity index (χ3n) is 8.52. The fraction of sp³-hybridized carbons (Fsp3) is 0. The molecule has 0 heterocycles. The molecule has 0 spiro atoms. The molecule has 9 aromatic carbocycles. The highest BCUT2D eigenvalue weighted by molar-refractivity contribution is 6.26. The molecule has 0 radical (unpaired) electrons. The fourth-order valence-electron chi connectivity index (χ4n) is 6.68. The van der Waals surface area contributed by atoms with E-state index < -0.39 is 0 Å². The van der Waals surface area contributed by atoms with Gasteiger partial charge in [0.15, 0.2) is 0 Å². The average molecular weight is 538 g/mol. The summed E-state index contributed by atoms with van der Waals surface area (Å²) < 4.78 is 63.2. The summed E-state index contributed by atoms with van der Waals surface area (Å²) in [6.07, 6.45) is 0. The molecule has 0 nitrogen and oxygen atoms in total. The van der Waals surface area contributed by atoms with Crippen LogP contribution < -0.4 is 0 Å². The van der Waals surface area contributed by atoms with Crippen molar-refractivity contribution in [2.45, 2.75) is 0 Å². The third kappa shape index (κ3) is 3.36. The van der Waals surface area contributed by atoms with Crippen LogP contribution in [0, 0.1) is 0 Å². The van der Waals surface area contributed by atoms with E-state index in [1.807, 2.05) is 72.8 Å². The molecule has 9 rings (SSSR count). The van der Waals surface area contributed by atoms with Gasteiger partial charge in [-0.25, -0.2) is 0 Å². The minimum absolute atomic E-state index is 0.125. The molecule has 0 aliphatic rings. The highest BCUT2D eigenvalue weighted by Crippen LogP contribution is 2.47. The quantitative estimate of drug-likeness (QED) is 0.152. The van der Waals surface area contributed by atoms with Crippen LogP contribution in [0.3, 0.4) is 0 Å². The molecule has 0 heteroatoms. The monoisotopic (exact) mass is 537 g/mol. The van der Waals surface area contributed by atoms with Gasteiger partial charge in [0.05, 0.1) is 9.60 Å². The van der Waals surface area contributed by atoms with E-state index in [-0.39, 0.29) is 42.3 Å². The summed E-state index contributed by atoms with van der Waals surface area (Å²) in [5, 5.41) is 9.53. The second-order valence-electron chi connectivity index (χ2n) is 10.7. The zero-order valence-corrected chi connectivity index (χ0v) is 22.5. The van der Waals surface area contributed by atoms with Crippen molar-refractivity contribution >= 4 is 64.6 Å². The second kappa shape index (κ2) is 9.03. The maximum atomic E-state index is 9.37. The van der Waals surface area contributed by atoms with Crippen molar-refractivity contribution in [2.24, 2.45) is 0 Å². The SMILES string of the molecule is [2H]c1cc2c(-c3cccc4c3ccc3cc5ccccc5cc34)c3c([2H])c([2H])c([2H])c([2H])c3c(-c3cccc4ccccc34)c2c([2H])c1[2H]. The first kappa shape index (κ1) is 17.4. The zero-order valence-electron chi connectivity index (χ0n) is 29.5. The maximum Gasteiger partial charge on any atom is 0.0629 e. The second-order valence-corrected chi connectivity index (χ2v) is 10.7. The van der Waals surface area contributed by atoms with Gasteiger partial charge in [0.25, 0.3) is 0 Å².